The lowest BCUT2D eigenvalue weighted by atomic mass is 10.1. The number of halogens is 3. The Kier molecular flexibility index (Phi) is 3.50. The fourth-order valence-electron chi connectivity index (χ4n) is 1.60. The number of pyridine rings is 1. The number of nitrogens with one attached hydrogen (secondary N) is 1. The molecule has 94 valence electrons. The van der Waals surface area contributed by atoms with Crippen LogP contribution in [0.5, 0.6) is 0 Å². The van der Waals surface area contributed by atoms with E-state index in [1.54, 1.807) is 31.5 Å². The van der Waals surface area contributed by atoms with Gasteiger partial charge in [0.05, 0.1) is 5.69 Å². The smallest absolute Gasteiger partial charge is 0.161 e. The second-order valence-corrected chi connectivity index (χ2v) is 3.89. The van der Waals surface area contributed by atoms with Crippen LogP contribution in [0.2, 0.25) is 0 Å². The van der Waals surface area contributed by atoms with E-state index in [-0.39, 0.29) is 11.7 Å². The number of rotatable bonds is 3. The molecule has 1 N–H and O–H groups in total. The molecule has 1 heterocycles. The third-order valence-corrected chi connectivity index (χ3v) is 2.59. The fourth-order valence-corrected chi connectivity index (χ4v) is 1.60. The minimum absolute atomic E-state index is 0.0711. The summed E-state index contributed by atoms with van der Waals surface area (Å²) in [6, 6.07) is 4.61. The SMILES string of the molecule is CC(Nc1cc(F)c(F)cc1F)c1ccncc1. The van der Waals surface area contributed by atoms with Gasteiger partial charge < -0.3 is 5.32 Å². The van der Waals surface area contributed by atoms with E-state index in [0.717, 1.165) is 11.6 Å². The molecule has 2 aromatic rings. The van der Waals surface area contributed by atoms with E-state index in [2.05, 4.69) is 10.3 Å². The van der Waals surface area contributed by atoms with Crippen molar-refractivity contribution in [3.63, 3.8) is 0 Å². The summed E-state index contributed by atoms with van der Waals surface area (Å²) in [5.41, 5.74) is 0.798. The summed E-state index contributed by atoms with van der Waals surface area (Å²) in [4.78, 5) is 3.87. The zero-order chi connectivity index (χ0) is 13.1. The molecular formula is C13H11F3N2. The standard InChI is InChI=1S/C13H11F3N2/c1-8(9-2-4-17-5-3-9)18-13-7-11(15)10(14)6-12(13)16/h2-8,18H,1H3. The molecule has 2 nitrogen and oxygen atoms in total. The third-order valence-electron chi connectivity index (χ3n) is 2.59. The van der Waals surface area contributed by atoms with Crippen molar-refractivity contribution in [2.75, 3.05) is 5.32 Å². The van der Waals surface area contributed by atoms with Crippen LogP contribution in [-0.4, -0.2) is 4.98 Å². The molecule has 0 bridgehead atoms. The van der Waals surface area contributed by atoms with Gasteiger partial charge in [-0.1, -0.05) is 0 Å². The van der Waals surface area contributed by atoms with Crippen molar-refractivity contribution >= 4 is 5.69 Å². The van der Waals surface area contributed by atoms with Crippen molar-refractivity contribution in [2.45, 2.75) is 13.0 Å². The maximum absolute atomic E-state index is 13.4. The lowest BCUT2D eigenvalue weighted by Gasteiger charge is -2.16. The van der Waals surface area contributed by atoms with Crippen LogP contribution in [0.25, 0.3) is 0 Å². The molecule has 1 unspecified atom stereocenters. The molecular weight excluding hydrogens is 241 g/mol. The van der Waals surface area contributed by atoms with Gasteiger partial charge in [0.2, 0.25) is 0 Å². The van der Waals surface area contributed by atoms with Crippen LogP contribution >= 0.6 is 0 Å². The van der Waals surface area contributed by atoms with Crippen LogP contribution in [0.1, 0.15) is 18.5 Å². The van der Waals surface area contributed by atoms with Gasteiger partial charge in [-0.15, -0.1) is 0 Å². The van der Waals surface area contributed by atoms with Gasteiger partial charge in [0.15, 0.2) is 11.6 Å². The lowest BCUT2D eigenvalue weighted by Crippen LogP contribution is -2.08. The van der Waals surface area contributed by atoms with E-state index < -0.39 is 17.5 Å². The van der Waals surface area contributed by atoms with E-state index in [0.29, 0.717) is 6.07 Å². The Balaban J connectivity index is 2.22. The number of hydrogen-bond donors (Lipinski definition) is 1. The number of aromatic nitrogens is 1. The first kappa shape index (κ1) is 12.4. The van der Waals surface area contributed by atoms with Gasteiger partial charge in [-0.25, -0.2) is 13.2 Å². The van der Waals surface area contributed by atoms with Crippen molar-refractivity contribution in [2.24, 2.45) is 0 Å². The maximum atomic E-state index is 13.4. The molecule has 0 aliphatic carbocycles. The van der Waals surface area contributed by atoms with Gasteiger partial charge >= 0.3 is 0 Å². The number of hydrogen-bond acceptors (Lipinski definition) is 2. The van der Waals surface area contributed by atoms with Gasteiger partial charge in [-0.3, -0.25) is 4.98 Å². The molecule has 0 amide bonds. The molecule has 1 atom stereocenters. The van der Waals surface area contributed by atoms with Gasteiger partial charge in [-0.2, -0.15) is 0 Å². The highest BCUT2D eigenvalue weighted by Crippen LogP contribution is 2.23. The Bertz CT molecular complexity index is 543. The monoisotopic (exact) mass is 252 g/mol. The van der Waals surface area contributed by atoms with Crippen LogP contribution in [0.4, 0.5) is 18.9 Å². The van der Waals surface area contributed by atoms with Gasteiger partial charge in [0.25, 0.3) is 0 Å². The van der Waals surface area contributed by atoms with Crippen molar-refractivity contribution in [1.82, 2.24) is 4.98 Å². The predicted octanol–water partition coefficient (Wildman–Crippen LogP) is 3.67. The summed E-state index contributed by atoms with van der Waals surface area (Å²) >= 11 is 0. The highest BCUT2D eigenvalue weighted by atomic mass is 19.2. The highest BCUT2D eigenvalue weighted by molar-refractivity contribution is 5.47. The Labute approximate surface area is 102 Å². The average Bonchev–Trinajstić information content (AvgIpc) is 2.37. The molecule has 0 saturated carbocycles. The molecule has 1 aromatic heterocycles. The molecule has 0 spiro atoms. The first-order valence-electron chi connectivity index (χ1n) is 5.39. The summed E-state index contributed by atoms with van der Waals surface area (Å²) in [6.07, 6.45) is 3.21. The van der Waals surface area contributed by atoms with Crippen molar-refractivity contribution in [3.05, 3.63) is 59.7 Å². The Morgan fingerprint density at radius 2 is 1.61 bits per heavy atom. The summed E-state index contributed by atoms with van der Waals surface area (Å²) in [5.74, 6) is -3.11. The van der Waals surface area contributed by atoms with Gasteiger partial charge in [0.1, 0.15) is 5.82 Å². The third kappa shape index (κ3) is 2.61. The second-order valence-electron chi connectivity index (χ2n) is 3.89. The van der Waals surface area contributed by atoms with E-state index in [1.807, 2.05) is 0 Å². The summed E-state index contributed by atoms with van der Waals surface area (Å²) in [6.45, 7) is 1.79. The number of anilines is 1. The number of nitrogens with zero attached hydrogens (tertiary/aromatic N) is 1. The number of benzene rings is 1. The van der Waals surface area contributed by atoms with E-state index >= 15 is 0 Å². The minimum atomic E-state index is -1.20. The van der Waals surface area contributed by atoms with E-state index in [4.69, 9.17) is 0 Å². The quantitative estimate of drug-likeness (QED) is 0.843. The Morgan fingerprint density at radius 3 is 2.28 bits per heavy atom. The molecule has 1 aromatic carbocycles. The van der Waals surface area contributed by atoms with Crippen LogP contribution in [0.15, 0.2) is 36.7 Å². The Morgan fingerprint density at radius 1 is 1.00 bits per heavy atom. The van der Waals surface area contributed by atoms with Crippen LogP contribution in [-0.2, 0) is 0 Å². The predicted molar refractivity (Wildman–Crippen MR) is 62.6 cm³/mol. The molecule has 5 heteroatoms. The maximum Gasteiger partial charge on any atom is 0.161 e. The van der Waals surface area contributed by atoms with Crippen LogP contribution in [0, 0.1) is 17.5 Å². The molecule has 18 heavy (non-hydrogen) atoms. The highest BCUT2D eigenvalue weighted by Gasteiger charge is 2.12. The van der Waals surface area contributed by atoms with Crippen molar-refractivity contribution in [3.8, 4) is 0 Å². The Hall–Kier alpha value is -2.04. The zero-order valence-corrected chi connectivity index (χ0v) is 9.62. The lowest BCUT2D eigenvalue weighted by molar-refractivity contribution is 0.495. The van der Waals surface area contributed by atoms with Crippen LogP contribution < -0.4 is 5.32 Å². The van der Waals surface area contributed by atoms with Gasteiger partial charge in [-0.05, 0) is 24.6 Å². The topological polar surface area (TPSA) is 24.9 Å². The first-order chi connectivity index (χ1) is 8.58. The van der Waals surface area contributed by atoms with E-state index in [9.17, 15) is 13.2 Å². The van der Waals surface area contributed by atoms with Crippen LogP contribution in [0.3, 0.4) is 0 Å². The zero-order valence-electron chi connectivity index (χ0n) is 9.62. The summed E-state index contributed by atoms with van der Waals surface area (Å²) in [7, 11) is 0. The largest absolute Gasteiger partial charge is 0.376 e. The minimum Gasteiger partial charge on any atom is -0.376 e. The molecule has 0 aliphatic heterocycles. The second kappa shape index (κ2) is 5.08. The average molecular weight is 252 g/mol. The summed E-state index contributed by atoms with van der Waals surface area (Å²) in [5, 5.41) is 2.79. The molecule has 0 saturated heterocycles. The fraction of sp³-hybridized carbons (Fsp3) is 0.154. The molecule has 2 rings (SSSR count). The van der Waals surface area contributed by atoms with Gasteiger partial charge in [0, 0.05) is 30.6 Å². The molecule has 0 fully saturated rings. The van der Waals surface area contributed by atoms with Crippen molar-refractivity contribution in [1.29, 1.82) is 0 Å². The first-order valence-corrected chi connectivity index (χ1v) is 5.39. The molecule has 0 aliphatic rings. The van der Waals surface area contributed by atoms with E-state index in [1.165, 1.54) is 0 Å². The summed E-state index contributed by atoms with van der Waals surface area (Å²) < 4.78 is 39.2. The molecule has 0 radical (unpaired) electrons. The normalized spacial score (nSPS) is 12.2. The van der Waals surface area contributed by atoms with Crippen molar-refractivity contribution < 1.29 is 13.2 Å².